The standard InChI is InChI=1S/C3H3ClN4O2/c4-3-5-1(6-7-3)2(9)8-10/h10H,(H,8,9)(H,5,6,7). The van der Waals surface area contributed by atoms with Crippen molar-refractivity contribution in [1.29, 1.82) is 0 Å². The van der Waals surface area contributed by atoms with Crippen molar-refractivity contribution in [2.24, 2.45) is 0 Å². The van der Waals surface area contributed by atoms with Crippen LogP contribution in [0.4, 0.5) is 0 Å². The Hall–Kier alpha value is -1.14. The number of nitrogens with one attached hydrogen (secondary N) is 2. The summed E-state index contributed by atoms with van der Waals surface area (Å²) < 4.78 is 0. The van der Waals surface area contributed by atoms with Gasteiger partial charge in [-0.1, -0.05) is 0 Å². The van der Waals surface area contributed by atoms with Crippen molar-refractivity contribution in [3.8, 4) is 0 Å². The van der Waals surface area contributed by atoms with Gasteiger partial charge in [0.05, 0.1) is 0 Å². The van der Waals surface area contributed by atoms with Crippen molar-refractivity contribution in [2.75, 3.05) is 0 Å². The Morgan fingerprint density at radius 2 is 2.50 bits per heavy atom. The summed E-state index contributed by atoms with van der Waals surface area (Å²) in [7, 11) is 0. The number of H-pyrrole nitrogens is 1. The van der Waals surface area contributed by atoms with Gasteiger partial charge in [-0.3, -0.25) is 10.0 Å². The number of aromatic nitrogens is 3. The van der Waals surface area contributed by atoms with E-state index < -0.39 is 5.91 Å². The number of carbonyl (C=O) groups excluding carboxylic acids is 1. The fourth-order valence-electron chi connectivity index (χ4n) is 0.394. The molecule has 0 spiro atoms. The van der Waals surface area contributed by atoms with E-state index >= 15 is 0 Å². The highest BCUT2D eigenvalue weighted by molar-refractivity contribution is 6.28. The average molecular weight is 163 g/mol. The van der Waals surface area contributed by atoms with Crippen molar-refractivity contribution >= 4 is 17.5 Å². The molecule has 0 unspecified atom stereocenters. The van der Waals surface area contributed by atoms with Gasteiger partial charge in [0.25, 0.3) is 0 Å². The highest BCUT2D eigenvalue weighted by atomic mass is 35.5. The third-order valence-electron chi connectivity index (χ3n) is 0.763. The summed E-state index contributed by atoms with van der Waals surface area (Å²) in [4.78, 5) is 13.9. The third-order valence-corrected chi connectivity index (χ3v) is 0.932. The Bertz CT molecular complexity index is 246. The molecule has 0 aliphatic heterocycles. The molecular formula is C3H3ClN4O2. The first kappa shape index (κ1) is 6.97. The summed E-state index contributed by atoms with van der Waals surface area (Å²) in [6.45, 7) is 0. The zero-order chi connectivity index (χ0) is 7.56. The Morgan fingerprint density at radius 3 is 2.90 bits per heavy atom. The molecule has 10 heavy (non-hydrogen) atoms. The molecule has 1 heterocycles. The molecule has 1 aromatic heterocycles. The zero-order valence-corrected chi connectivity index (χ0v) is 5.38. The van der Waals surface area contributed by atoms with Crippen LogP contribution in [0.15, 0.2) is 0 Å². The number of halogens is 1. The molecule has 54 valence electrons. The number of hydroxylamine groups is 1. The SMILES string of the molecule is O=C(NO)c1n[nH]c(Cl)n1. The number of hydrogen-bond acceptors (Lipinski definition) is 4. The van der Waals surface area contributed by atoms with Gasteiger partial charge in [-0.15, -0.1) is 5.10 Å². The van der Waals surface area contributed by atoms with E-state index in [1.165, 1.54) is 5.48 Å². The lowest BCUT2D eigenvalue weighted by Gasteiger charge is -1.86. The van der Waals surface area contributed by atoms with Crippen LogP contribution >= 0.6 is 11.6 Å². The molecule has 0 atom stereocenters. The van der Waals surface area contributed by atoms with Gasteiger partial charge in [0.1, 0.15) is 0 Å². The average Bonchev–Trinajstić information content (AvgIpc) is 2.34. The Kier molecular flexibility index (Phi) is 1.83. The van der Waals surface area contributed by atoms with E-state index in [0.717, 1.165) is 0 Å². The number of rotatable bonds is 1. The second kappa shape index (κ2) is 2.63. The Labute approximate surface area is 60.2 Å². The first-order valence-electron chi connectivity index (χ1n) is 2.26. The van der Waals surface area contributed by atoms with Crippen molar-refractivity contribution in [2.45, 2.75) is 0 Å². The highest BCUT2D eigenvalue weighted by Gasteiger charge is 2.08. The zero-order valence-electron chi connectivity index (χ0n) is 4.63. The fraction of sp³-hybridized carbons (Fsp3) is 0. The molecule has 0 saturated carbocycles. The first-order chi connectivity index (χ1) is 4.74. The third kappa shape index (κ3) is 1.23. The maximum Gasteiger partial charge on any atom is 0.314 e. The Balaban J connectivity index is 2.85. The molecule has 0 aliphatic rings. The molecule has 0 bridgehead atoms. The molecule has 0 fully saturated rings. The molecule has 0 aliphatic carbocycles. The van der Waals surface area contributed by atoms with Crippen molar-refractivity contribution < 1.29 is 10.0 Å². The number of carbonyl (C=O) groups is 1. The predicted molar refractivity (Wildman–Crippen MR) is 30.6 cm³/mol. The minimum absolute atomic E-state index is 0.00130. The van der Waals surface area contributed by atoms with Gasteiger partial charge in [-0.2, -0.15) is 4.98 Å². The van der Waals surface area contributed by atoms with Crippen LogP contribution in [0.1, 0.15) is 10.6 Å². The van der Waals surface area contributed by atoms with E-state index in [1.54, 1.807) is 0 Å². The summed E-state index contributed by atoms with van der Waals surface area (Å²) >= 11 is 5.27. The smallest absolute Gasteiger partial charge is 0.288 e. The largest absolute Gasteiger partial charge is 0.314 e. The van der Waals surface area contributed by atoms with Crippen LogP contribution in [0.2, 0.25) is 5.28 Å². The van der Waals surface area contributed by atoms with Gasteiger partial charge in [0.2, 0.25) is 11.1 Å². The van der Waals surface area contributed by atoms with Gasteiger partial charge in [0, 0.05) is 0 Å². The van der Waals surface area contributed by atoms with E-state index in [4.69, 9.17) is 16.8 Å². The Morgan fingerprint density at radius 1 is 1.80 bits per heavy atom. The normalized spacial score (nSPS) is 9.40. The van der Waals surface area contributed by atoms with Crippen LogP contribution in [0.3, 0.4) is 0 Å². The quantitative estimate of drug-likeness (QED) is 0.386. The lowest BCUT2D eigenvalue weighted by molar-refractivity contribution is 0.0695. The van der Waals surface area contributed by atoms with E-state index in [0.29, 0.717) is 0 Å². The maximum absolute atomic E-state index is 10.5. The van der Waals surface area contributed by atoms with Gasteiger partial charge in [0.15, 0.2) is 0 Å². The predicted octanol–water partition coefficient (Wildman–Crippen LogP) is -0.423. The molecule has 0 radical (unpaired) electrons. The lowest BCUT2D eigenvalue weighted by atomic mass is 10.6. The number of hydrogen-bond donors (Lipinski definition) is 3. The maximum atomic E-state index is 10.5. The number of nitrogens with zero attached hydrogens (tertiary/aromatic N) is 2. The number of amides is 1. The second-order valence-corrected chi connectivity index (χ2v) is 1.75. The van der Waals surface area contributed by atoms with Gasteiger partial charge in [-0.25, -0.2) is 10.6 Å². The van der Waals surface area contributed by atoms with Crippen molar-refractivity contribution in [3.63, 3.8) is 0 Å². The van der Waals surface area contributed by atoms with E-state index in [1.807, 2.05) is 0 Å². The molecule has 0 aromatic carbocycles. The van der Waals surface area contributed by atoms with Gasteiger partial charge in [-0.05, 0) is 11.6 Å². The minimum atomic E-state index is -0.803. The second-order valence-electron chi connectivity index (χ2n) is 1.39. The summed E-state index contributed by atoms with van der Waals surface area (Å²) in [6.07, 6.45) is 0. The van der Waals surface area contributed by atoms with Crippen LogP contribution in [0.25, 0.3) is 0 Å². The molecule has 1 amide bonds. The van der Waals surface area contributed by atoms with Crippen molar-refractivity contribution in [1.82, 2.24) is 20.7 Å². The van der Waals surface area contributed by atoms with E-state index in [2.05, 4.69) is 15.2 Å². The van der Waals surface area contributed by atoms with Crippen LogP contribution in [0.5, 0.6) is 0 Å². The summed E-state index contributed by atoms with van der Waals surface area (Å²) in [6, 6.07) is 0. The fourth-order valence-corrected chi connectivity index (χ4v) is 0.516. The molecule has 1 rings (SSSR count). The molecule has 0 saturated heterocycles. The van der Waals surface area contributed by atoms with E-state index in [-0.39, 0.29) is 11.1 Å². The van der Waals surface area contributed by atoms with E-state index in [9.17, 15) is 4.79 Å². The molecule has 3 N–H and O–H groups in total. The monoisotopic (exact) mass is 162 g/mol. The topological polar surface area (TPSA) is 90.9 Å². The first-order valence-corrected chi connectivity index (χ1v) is 2.64. The van der Waals surface area contributed by atoms with Crippen LogP contribution in [-0.2, 0) is 0 Å². The summed E-state index contributed by atoms with van der Waals surface area (Å²) in [5.41, 5.74) is 1.35. The van der Waals surface area contributed by atoms with Gasteiger partial charge >= 0.3 is 5.91 Å². The molecular weight excluding hydrogens is 160 g/mol. The van der Waals surface area contributed by atoms with Crippen LogP contribution in [0, 0.1) is 0 Å². The molecule has 6 nitrogen and oxygen atoms in total. The van der Waals surface area contributed by atoms with Crippen LogP contribution in [-0.4, -0.2) is 26.3 Å². The lowest BCUT2D eigenvalue weighted by Crippen LogP contribution is -2.19. The van der Waals surface area contributed by atoms with Crippen LogP contribution < -0.4 is 5.48 Å². The minimum Gasteiger partial charge on any atom is -0.288 e. The molecule has 1 aromatic rings. The summed E-state index contributed by atoms with van der Waals surface area (Å²) in [5.74, 6) is -1.00. The van der Waals surface area contributed by atoms with Crippen molar-refractivity contribution in [3.05, 3.63) is 11.1 Å². The van der Waals surface area contributed by atoms with Gasteiger partial charge < -0.3 is 0 Å². The number of aromatic amines is 1. The molecule has 7 heteroatoms. The summed E-state index contributed by atoms with van der Waals surface area (Å²) in [5, 5.41) is 13.6. The highest BCUT2D eigenvalue weighted by Crippen LogP contribution is 1.97.